The third kappa shape index (κ3) is 3.16. The minimum atomic E-state index is -0.357. The number of carbonyl (C=O) groups excluding carboxylic acids is 1. The van der Waals surface area contributed by atoms with E-state index in [1.807, 2.05) is 30.2 Å². The molecule has 3 aliphatic rings. The van der Waals surface area contributed by atoms with Crippen LogP contribution in [-0.2, 0) is 17.8 Å². The number of nitrogens with zero attached hydrogens (tertiary/aromatic N) is 4. The third-order valence-corrected chi connectivity index (χ3v) is 6.21. The number of amides is 1. The van der Waals surface area contributed by atoms with Gasteiger partial charge >= 0.3 is 6.09 Å². The van der Waals surface area contributed by atoms with Gasteiger partial charge in [-0.05, 0) is 24.1 Å². The zero-order valence-corrected chi connectivity index (χ0v) is 16.3. The van der Waals surface area contributed by atoms with Crippen molar-refractivity contribution in [3.8, 4) is 0 Å². The minimum absolute atomic E-state index is 0.138. The molecule has 6 nitrogen and oxygen atoms in total. The van der Waals surface area contributed by atoms with Crippen LogP contribution in [0.4, 0.5) is 4.79 Å². The monoisotopic (exact) mass is 378 g/mol. The first-order valence-electron chi connectivity index (χ1n) is 10.0. The highest BCUT2D eigenvalue weighted by molar-refractivity contribution is 5.72. The quantitative estimate of drug-likeness (QED) is 0.817. The van der Waals surface area contributed by atoms with Crippen molar-refractivity contribution in [2.24, 2.45) is 0 Å². The first-order chi connectivity index (χ1) is 13.6. The summed E-state index contributed by atoms with van der Waals surface area (Å²) >= 11 is 0. The van der Waals surface area contributed by atoms with Crippen LogP contribution in [0, 0.1) is 6.92 Å². The summed E-state index contributed by atoms with van der Waals surface area (Å²) in [5.41, 5.74) is 3.20. The summed E-state index contributed by atoms with van der Waals surface area (Å²) in [5.74, 6) is 0. The second-order valence-corrected chi connectivity index (χ2v) is 8.32. The van der Waals surface area contributed by atoms with E-state index in [0.29, 0.717) is 0 Å². The minimum Gasteiger partial charge on any atom is -0.438 e. The van der Waals surface area contributed by atoms with Gasteiger partial charge in [0, 0.05) is 57.7 Å². The molecule has 1 aromatic carbocycles. The van der Waals surface area contributed by atoms with E-state index in [2.05, 4.69) is 45.1 Å². The van der Waals surface area contributed by atoms with Crippen molar-refractivity contribution < 1.29 is 9.53 Å². The number of rotatable bonds is 4. The van der Waals surface area contributed by atoms with Gasteiger partial charge in [0.05, 0.1) is 6.04 Å². The van der Waals surface area contributed by atoms with Gasteiger partial charge in [0.15, 0.2) is 5.60 Å². The molecule has 1 amide bonds. The Morgan fingerprint density at radius 3 is 2.57 bits per heavy atom. The summed E-state index contributed by atoms with van der Waals surface area (Å²) in [6.07, 6.45) is 1.80. The molecule has 1 unspecified atom stereocenters. The topological polar surface area (TPSA) is 48.9 Å². The van der Waals surface area contributed by atoms with E-state index in [4.69, 9.17) is 4.74 Å². The van der Waals surface area contributed by atoms with E-state index in [1.165, 1.54) is 11.1 Å². The molecule has 0 aliphatic carbocycles. The van der Waals surface area contributed by atoms with Gasteiger partial charge in [0.2, 0.25) is 0 Å². The lowest BCUT2D eigenvalue weighted by Crippen LogP contribution is -2.70. The van der Waals surface area contributed by atoms with E-state index in [-0.39, 0.29) is 17.7 Å². The molecular weight excluding hydrogens is 352 g/mol. The highest BCUT2D eigenvalue weighted by Crippen LogP contribution is 2.40. The maximum atomic E-state index is 12.4. The normalized spacial score (nSPS) is 24.1. The fourth-order valence-electron chi connectivity index (χ4n) is 4.74. The Morgan fingerprint density at radius 2 is 1.82 bits per heavy atom. The summed E-state index contributed by atoms with van der Waals surface area (Å²) < 4.78 is 5.92. The molecule has 28 heavy (non-hydrogen) atoms. The Kier molecular flexibility index (Phi) is 4.33. The summed E-state index contributed by atoms with van der Waals surface area (Å²) in [7, 11) is 0. The number of hydrogen-bond acceptors (Lipinski definition) is 5. The van der Waals surface area contributed by atoms with Crippen LogP contribution in [-0.4, -0.2) is 70.1 Å². The molecule has 3 aliphatic heterocycles. The molecule has 3 fully saturated rings. The number of ether oxygens (including phenoxy) is 1. The molecule has 0 bridgehead atoms. The predicted molar refractivity (Wildman–Crippen MR) is 106 cm³/mol. The molecule has 1 aromatic heterocycles. The number of aromatic nitrogens is 1. The van der Waals surface area contributed by atoms with Crippen LogP contribution in [0.25, 0.3) is 0 Å². The first kappa shape index (κ1) is 17.6. The van der Waals surface area contributed by atoms with Gasteiger partial charge in [-0.1, -0.05) is 36.4 Å². The Bertz CT molecular complexity index is 849. The van der Waals surface area contributed by atoms with Crippen molar-refractivity contribution >= 4 is 6.09 Å². The van der Waals surface area contributed by atoms with Crippen molar-refractivity contribution in [1.82, 2.24) is 19.7 Å². The summed E-state index contributed by atoms with van der Waals surface area (Å²) in [6.45, 7) is 7.90. The SMILES string of the molecule is Cc1ccc(CN2CC3(C2)OC(=O)N2CCN(Cc4ccccc4)CC23)cn1. The number of aryl methyl sites for hydroxylation is 1. The number of carbonyl (C=O) groups is 1. The molecule has 6 heteroatoms. The lowest BCUT2D eigenvalue weighted by Gasteiger charge is -2.51. The zero-order chi connectivity index (χ0) is 19.1. The van der Waals surface area contributed by atoms with Gasteiger partial charge in [0.1, 0.15) is 0 Å². The van der Waals surface area contributed by atoms with Crippen molar-refractivity contribution in [2.45, 2.75) is 31.7 Å². The highest BCUT2D eigenvalue weighted by atomic mass is 16.6. The van der Waals surface area contributed by atoms with Crippen LogP contribution in [0.1, 0.15) is 16.8 Å². The third-order valence-electron chi connectivity index (χ3n) is 6.21. The van der Waals surface area contributed by atoms with Crippen molar-refractivity contribution in [2.75, 3.05) is 32.7 Å². The van der Waals surface area contributed by atoms with Gasteiger partial charge in [-0.25, -0.2) is 4.79 Å². The van der Waals surface area contributed by atoms with E-state index in [0.717, 1.165) is 51.5 Å². The fourth-order valence-corrected chi connectivity index (χ4v) is 4.74. The smallest absolute Gasteiger partial charge is 0.410 e. The Morgan fingerprint density at radius 1 is 1.04 bits per heavy atom. The summed E-state index contributed by atoms with van der Waals surface area (Å²) in [6, 6.07) is 14.9. The molecule has 4 heterocycles. The van der Waals surface area contributed by atoms with E-state index in [9.17, 15) is 4.79 Å². The maximum Gasteiger partial charge on any atom is 0.410 e. The molecule has 1 spiro atoms. The largest absolute Gasteiger partial charge is 0.438 e. The first-order valence-corrected chi connectivity index (χ1v) is 10.0. The zero-order valence-electron chi connectivity index (χ0n) is 16.3. The number of hydrogen-bond donors (Lipinski definition) is 0. The number of fused-ring (bicyclic) bond motifs is 2. The molecular formula is C22H26N4O2. The van der Waals surface area contributed by atoms with Gasteiger partial charge in [-0.15, -0.1) is 0 Å². The molecule has 2 aromatic rings. The van der Waals surface area contributed by atoms with Gasteiger partial charge in [-0.3, -0.25) is 19.7 Å². The fraction of sp³-hybridized carbons (Fsp3) is 0.455. The van der Waals surface area contributed by atoms with Crippen LogP contribution in [0.15, 0.2) is 48.7 Å². The molecule has 5 rings (SSSR count). The summed E-state index contributed by atoms with van der Waals surface area (Å²) in [5, 5.41) is 0. The molecule has 0 N–H and O–H groups in total. The Hall–Kier alpha value is -2.44. The highest BCUT2D eigenvalue weighted by Gasteiger charge is 2.61. The van der Waals surface area contributed by atoms with Crippen LogP contribution in [0.5, 0.6) is 0 Å². The van der Waals surface area contributed by atoms with Gasteiger partial charge < -0.3 is 4.74 Å². The van der Waals surface area contributed by atoms with Crippen LogP contribution in [0.3, 0.4) is 0 Å². The number of pyridine rings is 1. The molecule has 1 atom stereocenters. The molecule has 146 valence electrons. The average molecular weight is 378 g/mol. The lowest BCUT2D eigenvalue weighted by atomic mass is 9.84. The van der Waals surface area contributed by atoms with Gasteiger partial charge in [-0.2, -0.15) is 0 Å². The maximum absolute atomic E-state index is 12.4. The van der Waals surface area contributed by atoms with E-state index in [1.54, 1.807) is 0 Å². The number of piperazine rings is 1. The van der Waals surface area contributed by atoms with Crippen molar-refractivity contribution in [1.29, 1.82) is 0 Å². The molecule has 0 saturated carbocycles. The lowest BCUT2D eigenvalue weighted by molar-refractivity contribution is -0.107. The summed E-state index contributed by atoms with van der Waals surface area (Å²) in [4.78, 5) is 23.6. The van der Waals surface area contributed by atoms with Crippen LogP contribution >= 0.6 is 0 Å². The van der Waals surface area contributed by atoms with Gasteiger partial charge in [0.25, 0.3) is 0 Å². The second-order valence-electron chi connectivity index (χ2n) is 8.32. The van der Waals surface area contributed by atoms with E-state index < -0.39 is 0 Å². The van der Waals surface area contributed by atoms with E-state index >= 15 is 0 Å². The molecule has 0 radical (unpaired) electrons. The number of benzene rings is 1. The van der Waals surface area contributed by atoms with Crippen molar-refractivity contribution in [3.63, 3.8) is 0 Å². The van der Waals surface area contributed by atoms with Crippen LogP contribution in [0.2, 0.25) is 0 Å². The van der Waals surface area contributed by atoms with Crippen LogP contribution < -0.4 is 0 Å². The predicted octanol–water partition coefficient (Wildman–Crippen LogP) is 2.28. The number of likely N-dealkylation sites (tertiary alicyclic amines) is 1. The standard InChI is InChI=1S/C22H26N4O2/c1-17-7-8-19(11-23-17)13-25-15-22(16-25)20-14-24(9-10-26(20)21(27)28-22)12-18-5-3-2-4-6-18/h2-8,11,20H,9-10,12-16H2,1H3. The Balaban J connectivity index is 1.24. The average Bonchev–Trinajstić information content (AvgIpc) is 2.96. The second kappa shape index (κ2) is 6.87. The molecule has 3 saturated heterocycles. The Labute approximate surface area is 165 Å². The van der Waals surface area contributed by atoms with Crippen molar-refractivity contribution in [3.05, 3.63) is 65.5 Å².